The molecule has 0 radical (unpaired) electrons. The highest BCUT2D eigenvalue weighted by molar-refractivity contribution is 5.94. The minimum atomic E-state index is -0.224. The molecule has 0 aliphatic carbocycles. The maximum atomic E-state index is 11.7. The maximum absolute atomic E-state index is 11.7. The van der Waals surface area contributed by atoms with Crippen LogP contribution < -0.4 is 10.1 Å². The fourth-order valence-electron chi connectivity index (χ4n) is 3.63. The summed E-state index contributed by atoms with van der Waals surface area (Å²) in [5, 5.41) is 12.3. The summed E-state index contributed by atoms with van der Waals surface area (Å²) in [6.45, 7) is 6.00. The highest BCUT2D eigenvalue weighted by Gasteiger charge is 2.24. The lowest BCUT2D eigenvalue weighted by molar-refractivity contribution is 0.101. The molecule has 0 saturated carbocycles. The summed E-state index contributed by atoms with van der Waals surface area (Å²) in [5.74, 6) is 1.66. The van der Waals surface area contributed by atoms with E-state index in [2.05, 4.69) is 21.4 Å². The van der Waals surface area contributed by atoms with E-state index in [-0.39, 0.29) is 11.9 Å². The van der Waals surface area contributed by atoms with E-state index in [1.807, 2.05) is 50.4 Å². The van der Waals surface area contributed by atoms with E-state index >= 15 is 0 Å². The van der Waals surface area contributed by atoms with Crippen LogP contribution >= 0.6 is 0 Å². The molecule has 30 heavy (non-hydrogen) atoms. The molecule has 1 aromatic heterocycles. The molecule has 2 aromatic carbocycles. The van der Waals surface area contributed by atoms with Crippen LogP contribution in [0.1, 0.15) is 51.3 Å². The maximum Gasteiger partial charge on any atom is 0.159 e. The summed E-state index contributed by atoms with van der Waals surface area (Å²) in [7, 11) is 0. The summed E-state index contributed by atoms with van der Waals surface area (Å²) < 4.78 is 6.36. The molecular weight excluding hydrogens is 376 g/mol. The van der Waals surface area contributed by atoms with Crippen molar-refractivity contribution in [1.82, 2.24) is 4.98 Å². The summed E-state index contributed by atoms with van der Waals surface area (Å²) in [6, 6.07) is 15.2. The molecule has 6 heteroatoms. The van der Waals surface area contributed by atoms with Gasteiger partial charge in [0.2, 0.25) is 0 Å². The van der Waals surface area contributed by atoms with Gasteiger partial charge in [-0.25, -0.2) is 0 Å². The van der Waals surface area contributed by atoms with Gasteiger partial charge < -0.3 is 15.0 Å². The van der Waals surface area contributed by atoms with E-state index < -0.39 is 0 Å². The van der Waals surface area contributed by atoms with E-state index in [1.54, 1.807) is 19.1 Å². The van der Waals surface area contributed by atoms with E-state index in [0.29, 0.717) is 17.7 Å². The second kappa shape index (κ2) is 7.88. The zero-order valence-electron chi connectivity index (χ0n) is 17.1. The van der Waals surface area contributed by atoms with Gasteiger partial charge >= 0.3 is 0 Å². The number of anilines is 2. The van der Waals surface area contributed by atoms with Crippen molar-refractivity contribution < 1.29 is 9.53 Å². The minimum Gasteiger partial charge on any atom is -0.483 e. The monoisotopic (exact) mass is 398 g/mol. The van der Waals surface area contributed by atoms with Gasteiger partial charge in [-0.15, -0.1) is 0 Å². The van der Waals surface area contributed by atoms with Crippen LogP contribution in [0.25, 0.3) is 0 Å². The Balaban J connectivity index is 1.58. The lowest BCUT2D eigenvalue weighted by atomic mass is 10.0. The Morgan fingerprint density at radius 3 is 2.53 bits per heavy atom. The average molecular weight is 398 g/mol. The first-order valence-corrected chi connectivity index (χ1v) is 9.73. The van der Waals surface area contributed by atoms with Gasteiger partial charge in [-0.05, 0) is 74.4 Å². The summed E-state index contributed by atoms with van der Waals surface area (Å²) in [6.07, 6.45) is 1.59. The second-order valence-electron chi connectivity index (χ2n) is 7.46. The van der Waals surface area contributed by atoms with Crippen LogP contribution in [-0.2, 0) is 0 Å². The number of hydrogen-bond acceptors (Lipinski definition) is 5. The van der Waals surface area contributed by atoms with Gasteiger partial charge in [-0.3, -0.25) is 9.79 Å². The molecule has 1 aliphatic heterocycles. The number of nitrogens with one attached hydrogen (secondary N) is 2. The quantitative estimate of drug-likeness (QED) is 0.592. The van der Waals surface area contributed by atoms with Crippen molar-refractivity contribution in [2.75, 3.05) is 11.9 Å². The number of rotatable bonds is 5. The number of ketones is 1. The van der Waals surface area contributed by atoms with Crippen molar-refractivity contribution in [3.05, 3.63) is 76.0 Å². The van der Waals surface area contributed by atoms with E-state index in [9.17, 15) is 4.79 Å². The normalized spacial score (nSPS) is 14.7. The number of carbonyl (C=O) groups is 1. The Morgan fingerprint density at radius 1 is 1.20 bits per heavy atom. The molecule has 2 N–H and O–H groups in total. The summed E-state index contributed by atoms with van der Waals surface area (Å²) in [4.78, 5) is 19.5. The van der Waals surface area contributed by atoms with Crippen LogP contribution in [0.2, 0.25) is 0 Å². The largest absolute Gasteiger partial charge is 0.483 e. The van der Waals surface area contributed by atoms with Crippen LogP contribution in [0.3, 0.4) is 0 Å². The predicted octanol–water partition coefficient (Wildman–Crippen LogP) is 5.00. The van der Waals surface area contributed by atoms with E-state index in [1.165, 1.54) is 0 Å². The molecule has 1 unspecified atom stereocenters. The highest BCUT2D eigenvalue weighted by Crippen LogP contribution is 2.34. The Hall–Kier alpha value is -3.85. The number of ether oxygens (including phenoxy) is 1. The third-order valence-electron chi connectivity index (χ3n) is 5.14. The fourth-order valence-corrected chi connectivity index (χ4v) is 3.63. The zero-order chi connectivity index (χ0) is 21.3. The van der Waals surface area contributed by atoms with Crippen molar-refractivity contribution in [1.29, 1.82) is 5.26 Å². The first-order valence-electron chi connectivity index (χ1n) is 9.73. The summed E-state index contributed by atoms with van der Waals surface area (Å²) in [5.41, 5.74) is 5.98. The number of H-pyrrole nitrogens is 1. The molecule has 0 amide bonds. The number of carbonyl (C=O) groups excluding carboxylic acids is 1. The molecule has 6 nitrogen and oxygen atoms in total. The number of nitriles is 1. The van der Waals surface area contributed by atoms with Crippen LogP contribution in [0, 0.1) is 25.2 Å². The fraction of sp³-hybridized carbons (Fsp3) is 0.208. The Kier molecular flexibility index (Phi) is 5.11. The van der Waals surface area contributed by atoms with Crippen molar-refractivity contribution in [3.63, 3.8) is 0 Å². The van der Waals surface area contributed by atoms with Crippen molar-refractivity contribution >= 4 is 23.5 Å². The molecular formula is C24H22N4O2. The van der Waals surface area contributed by atoms with Crippen LogP contribution in [0.15, 0.2) is 47.5 Å². The number of fused-ring (bicyclic) bond motifs is 1. The smallest absolute Gasteiger partial charge is 0.159 e. The van der Waals surface area contributed by atoms with E-state index in [4.69, 9.17) is 10.00 Å². The zero-order valence-corrected chi connectivity index (χ0v) is 17.1. The van der Waals surface area contributed by atoms with Gasteiger partial charge in [0.25, 0.3) is 0 Å². The Morgan fingerprint density at radius 2 is 1.90 bits per heavy atom. The number of hydrogen-bond donors (Lipinski definition) is 2. The van der Waals surface area contributed by atoms with Crippen LogP contribution in [0.5, 0.6) is 5.75 Å². The highest BCUT2D eigenvalue weighted by atomic mass is 16.5. The number of aromatic nitrogens is 1. The number of aromatic amines is 1. The predicted molar refractivity (Wildman–Crippen MR) is 117 cm³/mol. The summed E-state index contributed by atoms with van der Waals surface area (Å²) >= 11 is 0. The first-order chi connectivity index (χ1) is 14.4. The van der Waals surface area contributed by atoms with Crippen molar-refractivity contribution in [2.24, 2.45) is 4.99 Å². The standard InChI is InChI=1S/C24H22N4O2/c1-14-8-18(16(3)29)9-15(2)24(14)30-22-13-26-12-21-20(22)10-23(28-21)27-19-6-4-17(11-25)5-7-19/h4-10,12,22,27-28H,13H2,1-3H3. The lowest BCUT2D eigenvalue weighted by Gasteiger charge is -2.23. The van der Waals surface area contributed by atoms with E-state index in [0.717, 1.165) is 39.6 Å². The minimum absolute atomic E-state index is 0.0430. The van der Waals surface area contributed by atoms with Crippen molar-refractivity contribution in [3.8, 4) is 11.8 Å². The van der Waals surface area contributed by atoms with Crippen LogP contribution in [0.4, 0.5) is 11.5 Å². The average Bonchev–Trinajstić information content (AvgIpc) is 3.14. The molecule has 4 rings (SSSR count). The number of nitrogens with zero attached hydrogens (tertiary/aromatic N) is 2. The molecule has 0 saturated heterocycles. The van der Waals surface area contributed by atoms with Gasteiger partial charge in [-0.2, -0.15) is 5.26 Å². The van der Waals surface area contributed by atoms with Crippen molar-refractivity contribution in [2.45, 2.75) is 26.9 Å². The number of Topliss-reactive ketones (excluding diaryl/α,β-unsaturated/α-hetero) is 1. The van der Waals surface area contributed by atoms with Gasteiger partial charge in [0, 0.05) is 23.0 Å². The number of aryl methyl sites for hydroxylation is 2. The van der Waals surface area contributed by atoms with Gasteiger partial charge in [-0.1, -0.05) is 0 Å². The molecule has 150 valence electrons. The Labute approximate surface area is 175 Å². The molecule has 2 heterocycles. The molecule has 0 fully saturated rings. The van der Waals surface area contributed by atoms with Gasteiger partial charge in [0.1, 0.15) is 17.7 Å². The van der Waals surface area contributed by atoms with Gasteiger partial charge in [0.15, 0.2) is 5.78 Å². The molecule has 1 atom stereocenters. The third kappa shape index (κ3) is 3.83. The third-order valence-corrected chi connectivity index (χ3v) is 5.14. The Bertz CT molecular complexity index is 1160. The molecule has 3 aromatic rings. The molecule has 0 bridgehead atoms. The topological polar surface area (TPSA) is 90.3 Å². The lowest BCUT2D eigenvalue weighted by Crippen LogP contribution is -2.17. The second-order valence-corrected chi connectivity index (χ2v) is 7.46. The first kappa shape index (κ1) is 19.5. The molecule has 0 spiro atoms. The number of benzene rings is 2. The molecule has 1 aliphatic rings. The number of aliphatic imine (C=N–C) groups is 1. The van der Waals surface area contributed by atoms with Crippen LogP contribution in [-0.4, -0.2) is 23.5 Å². The van der Waals surface area contributed by atoms with Gasteiger partial charge in [0.05, 0.1) is 23.9 Å². The SMILES string of the molecule is CC(=O)c1cc(C)c(OC2CN=Cc3[nH]c(Nc4ccc(C#N)cc4)cc32)c(C)c1.